The highest BCUT2D eigenvalue weighted by molar-refractivity contribution is 5.79. The van der Waals surface area contributed by atoms with Crippen molar-refractivity contribution in [2.75, 3.05) is 20.2 Å². The van der Waals surface area contributed by atoms with Gasteiger partial charge in [0.1, 0.15) is 0 Å². The molecular formula is C16H28N4O. The highest BCUT2D eigenvalue weighted by Crippen LogP contribution is 2.14. The van der Waals surface area contributed by atoms with E-state index < -0.39 is 0 Å². The molecule has 118 valence electrons. The molecule has 1 heterocycles. The zero-order valence-corrected chi connectivity index (χ0v) is 13.6. The molecule has 1 rings (SSSR count). The van der Waals surface area contributed by atoms with Gasteiger partial charge < -0.3 is 15.4 Å². The summed E-state index contributed by atoms with van der Waals surface area (Å²) in [6.07, 6.45) is 3.85. The van der Waals surface area contributed by atoms with Crippen LogP contribution in [0, 0.1) is 5.92 Å². The highest BCUT2D eigenvalue weighted by Gasteiger charge is 2.05. The van der Waals surface area contributed by atoms with E-state index in [1.807, 2.05) is 12.1 Å². The van der Waals surface area contributed by atoms with Crippen molar-refractivity contribution in [3.63, 3.8) is 0 Å². The summed E-state index contributed by atoms with van der Waals surface area (Å²) in [5.74, 6) is 2.19. The van der Waals surface area contributed by atoms with Gasteiger partial charge in [-0.2, -0.15) is 0 Å². The Kier molecular flexibility index (Phi) is 8.24. The highest BCUT2D eigenvalue weighted by atomic mass is 16.5. The molecule has 0 fully saturated rings. The Morgan fingerprint density at radius 3 is 2.86 bits per heavy atom. The lowest BCUT2D eigenvalue weighted by Crippen LogP contribution is -2.37. The minimum Gasteiger partial charge on any atom is -0.477 e. The second kappa shape index (κ2) is 10.0. The Morgan fingerprint density at radius 1 is 1.38 bits per heavy atom. The normalized spacial score (nSPS) is 11.6. The van der Waals surface area contributed by atoms with Crippen LogP contribution in [0.1, 0.15) is 39.2 Å². The fourth-order valence-electron chi connectivity index (χ4n) is 1.77. The second-order valence-corrected chi connectivity index (χ2v) is 5.35. The van der Waals surface area contributed by atoms with Gasteiger partial charge in [-0.3, -0.25) is 4.99 Å². The minimum atomic E-state index is 0.647. The number of aliphatic imine (C=N–C) groups is 1. The van der Waals surface area contributed by atoms with Gasteiger partial charge in [-0.25, -0.2) is 4.98 Å². The lowest BCUT2D eigenvalue weighted by molar-refractivity contribution is 0.301. The molecule has 0 radical (unpaired) electrons. The Hall–Kier alpha value is -1.78. The van der Waals surface area contributed by atoms with Crippen LogP contribution in [0.3, 0.4) is 0 Å². The largest absolute Gasteiger partial charge is 0.477 e. The number of rotatable bonds is 8. The van der Waals surface area contributed by atoms with Crippen LogP contribution < -0.4 is 15.4 Å². The topological polar surface area (TPSA) is 58.5 Å². The van der Waals surface area contributed by atoms with E-state index in [-0.39, 0.29) is 0 Å². The van der Waals surface area contributed by atoms with Crippen molar-refractivity contribution in [2.45, 2.75) is 40.2 Å². The number of guanidine groups is 1. The molecule has 0 aliphatic carbocycles. The van der Waals surface area contributed by atoms with Gasteiger partial charge in [-0.15, -0.1) is 0 Å². The van der Waals surface area contributed by atoms with Gasteiger partial charge in [0.2, 0.25) is 5.88 Å². The smallest absolute Gasteiger partial charge is 0.218 e. The first-order chi connectivity index (χ1) is 10.2. The average molecular weight is 292 g/mol. The number of aromatic nitrogens is 1. The SMILES string of the molecule is CCCOc1ncccc1CNC(=NC)NCCC(C)C. The molecule has 5 nitrogen and oxygen atoms in total. The Labute approximate surface area is 128 Å². The lowest BCUT2D eigenvalue weighted by Gasteiger charge is -2.14. The molecule has 0 aliphatic rings. The molecule has 5 heteroatoms. The van der Waals surface area contributed by atoms with Crippen LogP contribution in [0.2, 0.25) is 0 Å². The summed E-state index contributed by atoms with van der Waals surface area (Å²) >= 11 is 0. The summed E-state index contributed by atoms with van der Waals surface area (Å²) in [5, 5.41) is 6.61. The van der Waals surface area contributed by atoms with Crippen LogP contribution in [-0.4, -0.2) is 31.1 Å². The Balaban J connectivity index is 2.49. The van der Waals surface area contributed by atoms with Crippen molar-refractivity contribution < 1.29 is 4.74 Å². The van der Waals surface area contributed by atoms with E-state index in [0.29, 0.717) is 24.9 Å². The average Bonchev–Trinajstić information content (AvgIpc) is 2.49. The molecule has 0 atom stereocenters. The number of nitrogens with zero attached hydrogens (tertiary/aromatic N) is 2. The Morgan fingerprint density at radius 2 is 2.19 bits per heavy atom. The molecule has 0 aliphatic heterocycles. The molecule has 0 saturated carbocycles. The van der Waals surface area contributed by atoms with Gasteiger partial charge in [0.05, 0.1) is 6.61 Å². The molecule has 0 aromatic carbocycles. The van der Waals surface area contributed by atoms with Crippen LogP contribution in [0.25, 0.3) is 0 Å². The first-order valence-corrected chi connectivity index (χ1v) is 7.68. The van der Waals surface area contributed by atoms with Crippen molar-refractivity contribution in [1.82, 2.24) is 15.6 Å². The van der Waals surface area contributed by atoms with Gasteiger partial charge in [0.15, 0.2) is 5.96 Å². The zero-order valence-electron chi connectivity index (χ0n) is 13.6. The molecule has 0 bridgehead atoms. The van der Waals surface area contributed by atoms with E-state index in [1.165, 1.54) is 0 Å². The van der Waals surface area contributed by atoms with Gasteiger partial charge >= 0.3 is 0 Å². The van der Waals surface area contributed by atoms with E-state index in [2.05, 4.69) is 41.4 Å². The number of ether oxygens (including phenoxy) is 1. The monoisotopic (exact) mass is 292 g/mol. The number of hydrogen-bond donors (Lipinski definition) is 2. The zero-order chi connectivity index (χ0) is 15.5. The minimum absolute atomic E-state index is 0.647. The lowest BCUT2D eigenvalue weighted by atomic mass is 10.1. The van der Waals surface area contributed by atoms with E-state index in [9.17, 15) is 0 Å². The fraction of sp³-hybridized carbons (Fsp3) is 0.625. The van der Waals surface area contributed by atoms with E-state index in [1.54, 1.807) is 13.2 Å². The van der Waals surface area contributed by atoms with Crippen molar-refractivity contribution in [1.29, 1.82) is 0 Å². The predicted octanol–water partition coefficient (Wildman–Crippen LogP) is 2.58. The van der Waals surface area contributed by atoms with Gasteiger partial charge in [-0.05, 0) is 24.8 Å². The third-order valence-electron chi connectivity index (χ3n) is 2.98. The van der Waals surface area contributed by atoms with Gasteiger partial charge in [0.25, 0.3) is 0 Å². The third kappa shape index (κ3) is 6.97. The Bertz CT molecular complexity index is 432. The molecule has 0 spiro atoms. The van der Waals surface area contributed by atoms with Gasteiger partial charge in [-0.1, -0.05) is 26.8 Å². The maximum atomic E-state index is 5.65. The van der Waals surface area contributed by atoms with Crippen molar-refractivity contribution in [3.8, 4) is 5.88 Å². The number of pyridine rings is 1. The molecule has 0 saturated heterocycles. The standard InChI is InChI=1S/C16H28N4O/c1-5-11-21-15-14(7-6-9-18-15)12-20-16(17-4)19-10-8-13(2)3/h6-7,9,13H,5,8,10-12H2,1-4H3,(H2,17,19,20). The van der Waals surface area contributed by atoms with Crippen molar-refractivity contribution in [3.05, 3.63) is 23.9 Å². The van der Waals surface area contributed by atoms with Crippen LogP contribution in [-0.2, 0) is 6.54 Å². The fourth-order valence-corrected chi connectivity index (χ4v) is 1.77. The van der Waals surface area contributed by atoms with Gasteiger partial charge in [0, 0.05) is 31.9 Å². The number of hydrogen-bond acceptors (Lipinski definition) is 3. The first-order valence-electron chi connectivity index (χ1n) is 7.68. The summed E-state index contributed by atoms with van der Waals surface area (Å²) in [6, 6.07) is 3.94. The van der Waals surface area contributed by atoms with E-state index in [0.717, 1.165) is 30.9 Å². The van der Waals surface area contributed by atoms with Crippen LogP contribution in [0.15, 0.2) is 23.3 Å². The third-order valence-corrected chi connectivity index (χ3v) is 2.98. The molecule has 2 N–H and O–H groups in total. The summed E-state index contributed by atoms with van der Waals surface area (Å²) in [4.78, 5) is 8.51. The van der Waals surface area contributed by atoms with E-state index in [4.69, 9.17) is 4.74 Å². The second-order valence-electron chi connectivity index (χ2n) is 5.35. The summed E-state index contributed by atoms with van der Waals surface area (Å²) in [7, 11) is 1.78. The number of nitrogens with one attached hydrogen (secondary N) is 2. The first kappa shape index (κ1) is 17.3. The maximum absolute atomic E-state index is 5.65. The molecule has 0 unspecified atom stereocenters. The van der Waals surface area contributed by atoms with Crippen LogP contribution in [0.4, 0.5) is 0 Å². The molecule has 0 amide bonds. The quantitative estimate of drug-likeness (QED) is 0.571. The molecular weight excluding hydrogens is 264 g/mol. The van der Waals surface area contributed by atoms with Crippen LogP contribution >= 0.6 is 0 Å². The maximum Gasteiger partial charge on any atom is 0.218 e. The molecule has 21 heavy (non-hydrogen) atoms. The van der Waals surface area contributed by atoms with Crippen LogP contribution in [0.5, 0.6) is 5.88 Å². The summed E-state index contributed by atoms with van der Waals surface area (Å²) in [5.41, 5.74) is 1.04. The molecule has 1 aromatic rings. The van der Waals surface area contributed by atoms with E-state index >= 15 is 0 Å². The molecule has 1 aromatic heterocycles. The predicted molar refractivity (Wildman–Crippen MR) is 87.7 cm³/mol. The van der Waals surface area contributed by atoms with Crippen molar-refractivity contribution >= 4 is 5.96 Å². The summed E-state index contributed by atoms with van der Waals surface area (Å²) < 4.78 is 5.65. The summed E-state index contributed by atoms with van der Waals surface area (Å²) in [6.45, 7) is 8.76. The van der Waals surface area contributed by atoms with Crippen molar-refractivity contribution in [2.24, 2.45) is 10.9 Å².